The Morgan fingerprint density at radius 2 is 2.00 bits per heavy atom. The molecule has 2 heterocycles. The Hall–Kier alpha value is -3.62. The second-order valence-corrected chi connectivity index (χ2v) is 10.7. The summed E-state index contributed by atoms with van der Waals surface area (Å²) >= 11 is 0. The van der Waals surface area contributed by atoms with E-state index in [-0.39, 0.29) is 24.6 Å². The summed E-state index contributed by atoms with van der Waals surface area (Å²) in [6.07, 6.45) is 5.94. The Balaban J connectivity index is 1.27. The van der Waals surface area contributed by atoms with Gasteiger partial charge >= 0.3 is 5.97 Å². The third-order valence-corrected chi connectivity index (χ3v) is 8.11. The van der Waals surface area contributed by atoms with E-state index in [0.29, 0.717) is 28.5 Å². The van der Waals surface area contributed by atoms with Crippen molar-refractivity contribution in [2.45, 2.75) is 51.0 Å². The highest BCUT2D eigenvalue weighted by Gasteiger charge is 2.49. The van der Waals surface area contributed by atoms with Gasteiger partial charge in [-0.25, -0.2) is 4.39 Å². The number of hydrogen-bond acceptors (Lipinski definition) is 6. The first kappa shape index (κ1) is 23.8. The van der Waals surface area contributed by atoms with Gasteiger partial charge in [-0.2, -0.15) is 4.68 Å². The number of ether oxygens (including phenoxy) is 2. The molecule has 6 rings (SSSR count). The van der Waals surface area contributed by atoms with E-state index in [0.717, 1.165) is 37.3 Å². The van der Waals surface area contributed by atoms with Crippen LogP contribution in [-0.2, 0) is 11.4 Å². The number of carboxylic acids is 1. The standard InChI is InChI=1S/C28H31FN4O4/c1-36-20-8-9-23(29)25(13-20)33-27(32-16-28(17-32)10-3-11-28)24(30-31-33)15-37-21-5-2-4-19(12-21)22(14-26(34)35)18-6-7-18/h2,4-5,8-9,12-13,18,22H,3,6-7,10-11,14-17H2,1H3,(H,34,35)/t22-/m0/s1. The third-order valence-electron chi connectivity index (χ3n) is 8.11. The van der Waals surface area contributed by atoms with Crippen molar-refractivity contribution in [1.29, 1.82) is 0 Å². The average molecular weight is 507 g/mol. The molecule has 9 heteroatoms. The lowest BCUT2D eigenvalue weighted by molar-refractivity contribution is -0.137. The van der Waals surface area contributed by atoms with Crippen LogP contribution in [0, 0.1) is 17.2 Å². The highest BCUT2D eigenvalue weighted by Crippen LogP contribution is 2.50. The molecule has 1 aromatic heterocycles. The van der Waals surface area contributed by atoms with Gasteiger partial charge in [-0.3, -0.25) is 4.79 Å². The molecule has 2 aromatic carbocycles. The number of carbonyl (C=O) groups is 1. The molecule has 1 spiro atoms. The van der Waals surface area contributed by atoms with Crippen molar-refractivity contribution in [3.63, 3.8) is 0 Å². The molecule has 8 nitrogen and oxygen atoms in total. The lowest BCUT2D eigenvalue weighted by atomic mass is 9.63. The van der Waals surface area contributed by atoms with Crippen LogP contribution in [0.25, 0.3) is 5.69 Å². The quantitative estimate of drug-likeness (QED) is 0.416. The number of aromatic nitrogens is 3. The molecule has 1 saturated heterocycles. The molecule has 0 unspecified atom stereocenters. The zero-order valence-corrected chi connectivity index (χ0v) is 20.9. The van der Waals surface area contributed by atoms with Crippen LogP contribution < -0.4 is 14.4 Å². The van der Waals surface area contributed by atoms with Crippen LogP contribution in [0.5, 0.6) is 11.5 Å². The number of halogens is 1. The molecule has 2 saturated carbocycles. The second kappa shape index (κ2) is 9.36. The van der Waals surface area contributed by atoms with Gasteiger partial charge in [0.2, 0.25) is 0 Å². The molecule has 2 aliphatic carbocycles. The van der Waals surface area contributed by atoms with Crippen LogP contribution in [0.1, 0.15) is 55.7 Å². The van der Waals surface area contributed by atoms with Gasteiger partial charge in [-0.1, -0.05) is 23.8 Å². The number of aliphatic carboxylic acids is 1. The Bertz CT molecular complexity index is 1310. The van der Waals surface area contributed by atoms with E-state index in [2.05, 4.69) is 15.2 Å². The number of methoxy groups -OCH3 is 1. The molecule has 3 aromatic rings. The maximum Gasteiger partial charge on any atom is 0.303 e. The van der Waals surface area contributed by atoms with Crippen LogP contribution in [0.2, 0.25) is 0 Å². The number of anilines is 1. The van der Waals surface area contributed by atoms with Crippen molar-refractivity contribution in [2.24, 2.45) is 11.3 Å². The smallest absolute Gasteiger partial charge is 0.303 e. The maximum absolute atomic E-state index is 14.9. The second-order valence-electron chi connectivity index (χ2n) is 10.7. The average Bonchev–Trinajstić information content (AvgIpc) is 3.60. The monoisotopic (exact) mass is 506 g/mol. The minimum Gasteiger partial charge on any atom is -0.497 e. The number of nitrogens with zero attached hydrogens (tertiary/aromatic N) is 4. The fourth-order valence-electron chi connectivity index (χ4n) is 5.80. The topological polar surface area (TPSA) is 89.7 Å². The van der Waals surface area contributed by atoms with Gasteiger partial charge in [0.25, 0.3) is 0 Å². The first-order valence-corrected chi connectivity index (χ1v) is 12.9. The van der Waals surface area contributed by atoms with Crippen LogP contribution >= 0.6 is 0 Å². The van der Waals surface area contributed by atoms with Crippen molar-refractivity contribution < 1.29 is 23.8 Å². The molecular weight excluding hydrogens is 475 g/mol. The van der Waals surface area contributed by atoms with Crippen LogP contribution in [0.15, 0.2) is 42.5 Å². The van der Waals surface area contributed by atoms with E-state index in [1.807, 2.05) is 24.3 Å². The highest BCUT2D eigenvalue weighted by atomic mass is 19.1. The largest absolute Gasteiger partial charge is 0.497 e. The van der Waals surface area contributed by atoms with Gasteiger partial charge < -0.3 is 19.5 Å². The highest BCUT2D eigenvalue weighted by molar-refractivity contribution is 5.68. The molecular formula is C28H31FN4O4. The van der Waals surface area contributed by atoms with E-state index < -0.39 is 11.8 Å². The fourth-order valence-corrected chi connectivity index (χ4v) is 5.80. The van der Waals surface area contributed by atoms with E-state index in [1.54, 1.807) is 23.9 Å². The summed E-state index contributed by atoms with van der Waals surface area (Å²) in [6.45, 7) is 1.96. The molecule has 1 aliphatic heterocycles. The third kappa shape index (κ3) is 4.63. The van der Waals surface area contributed by atoms with E-state index in [9.17, 15) is 14.3 Å². The van der Waals surface area contributed by atoms with Crippen molar-refractivity contribution in [3.05, 3.63) is 59.5 Å². The normalized spacial score (nSPS) is 18.7. The summed E-state index contributed by atoms with van der Waals surface area (Å²) < 4.78 is 27.9. The summed E-state index contributed by atoms with van der Waals surface area (Å²) in [6, 6.07) is 12.3. The molecule has 0 radical (unpaired) electrons. The molecule has 1 N–H and O–H groups in total. The van der Waals surface area contributed by atoms with Crippen LogP contribution in [0.3, 0.4) is 0 Å². The van der Waals surface area contributed by atoms with E-state index in [4.69, 9.17) is 9.47 Å². The van der Waals surface area contributed by atoms with Gasteiger partial charge in [0, 0.05) is 24.6 Å². The zero-order chi connectivity index (χ0) is 25.6. The predicted octanol–water partition coefficient (Wildman–Crippen LogP) is 4.95. The Kier molecular flexibility index (Phi) is 6.01. The van der Waals surface area contributed by atoms with Crippen LogP contribution in [-0.4, -0.2) is 46.3 Å². The van der Waals surface area contributed by atoms with Crippen LogP contribution in [0.4, 0.5) is 10.2 Å². The molecule has 3 aliphatic rings. The van der Waals surface area contributed by atoms with Gasteiger partial charge in [-0.15, -0.1) is 5.10 Å². The summed E-state index contributed by atoms with van der Waals surface area (Å²) in [5.41, 5.74) is 2.26. The summed E-state index contributed by atoms with van der Waals surface area (Å²) in [7, 11) is 1.55. The van der Waals surface area contributed by atoms with Crippen molar-refractivity contribution in [3.8, 4) is 17.2 Å². The number of rotatable bonds is 10. The van der Waals surface area contributed by atoms with Crippen molar-refractivity contribution in [1.82, 2.24) is 15.0 Å². The minimum absolute atomic E-state index is 0.00623. The SMILES string of the molecule is COc1ccc(F)c(-n2nnc(COc3cccc([C@@H](CC(=O)O)C4CC4)c3)c2N2CC3(CCC3)C2)c1. The van der Waals surface area contributed by atoms with Gasteiger partial charge in [-0.05, 0) is 67.3 Å². The predicted molar refractivity (Wildman–Crippen MR) is 135 cm³/mol. The Labute approximate surface area is 215 Å². The van der Waals surface area contributed by atoms with Crippen molar-refractivity contribution >= 4 is 11.8 Å². The lowest BCUT2D eigenvalue weighted by Crippen LogP contribution is -2.60. The van der Waals surface area contributed by atoms with Crippen molar-refractivity contribution in [2.75, 3.05) is 25.1 Å². The van der Waals surface area contributed by atoms with Gasteiger partial charge in [0.05, 0.1) is 13.5 Å². The van der Waals surface area contributed by atoms with Gasteiger partial charge in [0.1, 0.15) is 35.3 Å². The fraction of sp³-hybridized carbons (Fsp3) is 0.464. The Morgan fingerprint density at radius 3 is 2.68 bits per heavy atom. The summed E-state index contributed by atoms with van der Waals surface area (Å²) in [5, 5.41) is 18.1. The molecule has 0 bridgehead atoms. The lowest BCUT2D eigenvalue weighted by Gasteiger charge is -2.56. The molecule has 37 heavy (non-hydrogen) atoms. The number of benzene rings is 2. The number of hydrogen-bond donors (Lipinski definition) is 1. The molecule has 1 atom stereocenters. The minimum atomic E-state index is -0.784. The number of carboxylic acid groups (broad SMARTS) is 1. The van der Waals surface area contributed by atoms with E-state index >= 15 is 0 Å². The first-order valence-electron chi connectivity index (χ1n) is 12.9. The van der Waals surface area contributed by atoms with Gasteiger partial charge in [0.15, 0.2) is 5.82 Å². The summed E-state index contributed by atoms with van der Waals surface area (Å²) in [4.78, 5) is 13.6. The molecule has 0 amide bonds. The Morgan fingerprint density at radius 1 is 1.19 bits per heavy atom. The molecule has 3 fully saturated rings. The first-order chi connectivity index (χ1) is 17.9. The molecule has 194 valence electrons. The van der Waals surface area contributed by atoms with E-state index in [1.165, 1.54) is 25.3 Å². The zero-order valence-electron chi connectivity index (χ0n) is 20.9. The maximum atomic E-state index is 14.9. The summed E-state index contributed by atoms with van der Waals surface area (Å²) in [5.74, 6) is 1.15.